The molecule has 0 saturated heterocycles. The Bertz CT molecular complexity index is 439. The molecule has 1 aromatic heterocycles. The largest absolute Gasteiger partial charge is 0.375 e. The monoisotopic (exact) mass is 233 g/mol. The summed E-state index contributed by atoms with van der Waals surface area (Å²) in [6.07, 6.45) is 1.85. The number of thiazole rings is 1. The number of aromatic nitrogens is 1. The average molecular weight is 233 g/mol. The normalized spacial score (nSPS) is 10.9. The van der Waals surface area contributed by atoms with Crippen molar-refractivity contribution in [1.29, 1.82) is 0 Å². The molecule has 0 unspecified atom stereocenters. The summed E-state index contributed by atoms with van der Waals surface area (Å²) in [4.78, 5) is 7.50. The lowest BCUT2D eigenvalue weighted by Crippen LogP contribution is -2.16. The third kappa shape index (κ3) is 3.05. The third-order valence-electron chi connectivity index (χ3n) is 2.29. The van der Waals surface area contributed by atoms with Crippen LogP contribution in [-0.4, -0.2) is 16.9 Å². The molecule has 0 aliphatic rings. The van der Waals surface area contributed by atoms with Crippen LogP contribution < -0.4 is 5.73 Å². The van der Waals surface area contributed by atoms with Crippen molar-refractivity contribution < 1.29 is 0 Å². The summed E-state index contributed by atoms with van der Waals surface area (Å²) >= 11 is 1.55. The highest BCUT2D eigenvalue weighted by atomic mass is 32.1. The number of anilines is 1. The molecule has 1 aromatic carbocycles. The van der Waals surface area contributed by atoms with Gasteiger partial charge in [-0.3, -0.25) is 4.90 Å². The lowest BCUT2D eigenvalue weighted by atomic mass is 10.2. The van der Waals surface area contributed by atoms with E-state index in [1.807, 2.05) is 12.3 Å². The molecule has 0 radical (unpaired) electrons. The Hall–Kier alpha value is -1.39. The average Bonchev–Trinajstić information content (AvgIpc) is 2.65. The van der Waals surface area contributed by atoms with E-state index in [2.05, 4.69) is 41.2 Å². The molecule has 16 heavy (non-hydrogen) atoms. The van der Waals surface area contributed by atoms with Gasteiger partial charge in [0, 0.05) is 24.2 Å². The van der Waals surface area contributed by atoms with Crippen molar-refractivity contribution in [3.63, 3.8) is 0 Å². The van der Waals surface area contributed by atoms with E-state index in [1.54, 1.807) is 11.3 Å². The van der Waals surface area contributed by atoms with Gasteiger partial charge in [-0.05, 0) is 12.6 Å². The molecular formula is C12H15N3S. The molecule has 3 nitrogen and oxygen atoms in total. The third-order valence-corrected chi connectivity index (χ3v) is 3.10. The molecule has 84 valence electrons. The Balaban J connectivity index is 1.92. The van der Waals surface area contributed by atoms with Crippen LogP contribution in [0.2, 0.25) is 0 Å². The van der Waals surface area contributed by atoms with Crippen LogP contribution in [0.1, 0.15) is 10.4 Å². The zero-order valence-corrected chi connectivity index (χ0v) is 10.1. The lowest BCUT2D eigenvalue weighted by Gasteiger charge is -2.15. The highest BCUT2D eigenvalue weighted by molar-refractivity contribution is 7.15. The number of hydrogen-bond acceptors (Lipinski definition) is 4. The van der Waals surface area contributed by atoms with Gasteiger partial charge in [0.25, 0.3) is 0 Å². The van der Waals surface area contributed by atoms with Crippen LogP contribution in [0.3, 0.4) is 0 Å². The minimum atomic E-state index is 0.642. The fraction of sp³-hybridized carbons (Fsp3) is 0.250. The Morgan fingerprint density at radius 1 is 1.25 bits per heavy atom. The van der Waals surface area contributed by atoms with Crippen LogP contribution in [0.15, 0.2) is 36.5 Å². The van der Waals surface area contributed by atoms with Crippen molar-refractivity contribution >= 4 is 16.5 Å². The van der Waals surface area contributed by atoms with E-state index in [9.17, 15) is 0 Å². The summed E-state index contributed by atoms with van der Waals surface area (Å²) in [6, 6.07) is 10.4. The van der Waals surface area contributed by atoms with Gasteiger partial charge in [0.15, 0.2) is 5.13 Å². The molecule has 0 aliphatic heterocycles. The topological polar surface area (TPSA) is 42.2 Å². The minimum absolute atomic E-state index is 0.642. The number of nitrogen functional groups attached to an aromatic ring is 1. The van der Waals surface area contributed by atoms with Crippen LogP contribution in [0.5, 0.6) is 0 Å². The van der Waals surface area contributed by atoms with E-state index in [0.29, 0.717) is 5.13 Å². The van der Waals surface area contributed by atoms with Crippen molar-refractivity contribution in [3.05, 3.63) is 47.0 Å². The smallest absolute Gasteiger partial charge is 0.180 e. The van der Waals surface area contributed by atoms with Gasteiger partial charge in [-0.1, -0.05) is 30.3 Å². The van der Waals surface area contributed by atoms with Crippen molar-refractivity contribution in [2.75, 3.05) is 12.8 Å². The lowest BCUT2D eigenvalue weighted by molar-refractivity contribution is 0.322. The van der Waals surface area contributed by atoms with Gasteiger partial charge in [0.2, 0.25) is 0 Å². The Morgan fingerprint density at radius 3 is 2.62 bits per heavy atom. The summed E-state index contributed by atoms with van der Waals surface area (Å²) in [6.45, 7) is 1.84. The summed E-state index contributed by atoms with van der Waals surface area (Å²) in [7, 11) is 2.10. The molecule has 0 fully saturated rings. The highest BCUT2D eigenvalue weighted by Gasteiger charge is 2.04. The highest BCUT2D eigenvalue weighted by Crippen LogP contribution is 2.16. The fourth-order valence-electron chi connectivity index (χ4n) is 1.61. The van der Waals surface area contributed by atoms with Crippen LogP contribution in [0.4, 0.5) is 5.13 Å². The second-order valence-corrected chi connectivity index (χ2v) is 4.97. The first kappa shape index (κ1) is 11.1. The molecular weight excluding hydrogens is 218 g/mol. The Morgan fingerprint density at radius 2 is 2.00 bits per heavy atom. The van der Waals surface area contributed by atoms with Gasteiger partial charge < -0.3 is 5.73 Å². The van der Waals surface area contributed by atoms with Crippen LogP contribution >= 0.6 is 11.3 Å². The van der Waals surface area contributed by atoms with Crippen molar-refractivity contribution in [2.45, 2.75) is 13.1 Å². The number of hydrogen-bond donors (Lipinski definition) is 1. The van der Waals surface area contributed by atoms with Gasteiger partial charge in [0.1, 0.15) is 0 Å². The van der Waals surface area contributed by atoms with Crippen LogP contribution in [0, 0.1) is 0 Å². The number of nitrogens with two attached hydrogens (primary N) is 1. The summed E-state index contributed by atoms with van der Waals surface area (Å²) in [5.74, 6) is 0. The van der Waals surface area contributed by atoms with E-state index in [1.165, 1.54) is 10.4 Å². The Kier molecular flexibility index (Phi) is 3.54. The van der Waals surface area contributed by atoms with E-state index in [0.717, 1.165) is 13.1 Å². The Labute approximate surface area is 99.5 Å². The fourth-order valence-corrected chi connectivity index (χ4v) is 2.38. The van der Waals surface area contributed by atoms with Gasteiger partial charge in [-0.2, -0.15) is 0 Å². The van der Waals surface area contributed by atoms with Crippen molar-refractivity contribution in [3.8, 4) is 0 Å². The maximum absolute atomic E-state index is 5.60. The van der Waals surface area contributed by atoms with Gasteiger partial charge in [0.05, 0.1) is 0 Å². The molecule has 1 heterocycles. The molecule has 0 saturated carbocycles. The van der Waals surface area contributed by atoms with Gasteiger partial charge >= 0.3 is 0 Å². The zero-order valence-electron chi connectivity index (χ0n) is 9.26. The summed E-state index contributed by atoms with van der Waals surface area (Å²) < 4.78 is 0. The number of rotatable bonds is 4. The van der Waals surface area contributed by atoms with Crippen LogP contribution in [-0.2, 0) is 13.1 Å². The molecule has 0 bridgehead atoms. The summed E-state index contributed by atoms with van der Waals surface area (Å²) in [5, 5.41) is 0.642. The quantitative estimate of drug-likeness (QED) is 0.881. The van der Waals surface area contributed by atoms with Crippen molar-refractivity contribution in [2.24, 2.45) is 0 Å². The predicted octanol–water partition coefficient (Wildman–Crippen LogP) is 2.36. The van der Waals surface area contributed by atoms with E-state index < -0.39 is 0 Å². The maximum Gasteiger partial charge on any atom is 0.180 e. The molecule has 2 N–H and O–H groups in total. The summed E-state index contributed by atoms with van der Waals surface area (Å²) in [5.41, 5.74) is 6.92. The minimum Gasteiger partial charge on any atom is -0.375 e. The molecule has 0 amide bonds. The molecule has 4 heteroatoms. The number of nitrogens with zero attached hydrogens (tertiary/aromatic N) is 2. The van der Waals surface area contributed by atoms with Crippen molar-refractivity contribution in [1.82, 2.24) is 9.88 Å². The van der Waals surface area contributed by atoms with E-state index in [4.69, 9.17) is 5.73 Å². The zero-order chi connectivity index (χ0) is 11.4. The SMILES string of the molecule is CN(Cc1ccccc1)Cc1cnc(N)s1. The van der Waals surface area contributed by atoms with E-state index >= 15 is 0 Å². The number of benzene rings is 1. The molecule has 0 atom stereocenters. The van der Waals surface area contributed by atoms with Gasteiger partial charge in [-0.15, -0.1) is 11.3 Å². The standard InChI is InChI=1S/C12H15N3S/c1-15(8-10-5-3-2-4-6-10)9-11-7-14-12(13)16-11/h2-7H,8-9H2,1H3,(H2,13,14). The molecule has 2 rings (SSSR count). The maximum atomic E-state index is 5.60. The first-order chi connectivity index (χ1) is 7.74. The van der Waals surface area contributed by atoms with E-state index in [-0.39, 0.29) is 0 Å². The predicted molar refractivity (Wildman–Crippen MR) is 68.1 cm³/mol. The molecule has 2 aromatic rings. The second-order valence-electron chi connectivity index (χ2n) is 3.82. The molecule has 0 spiro atoms. The molecule has 0 aliphatic carbocycles. The first-order valence-electron chi connectivity index (χ1n) is 5.16. The first-order valence-corrected chi connectivity index (χ1v) is 5.98. The second kappa shape index (κ2) is 5.09. The van der Waals surface area contributed by atoms with Gasteiger partial charge in [-0.25, -0.2) is 4.98 Å². The van der Waals surface area contributed by atoms with Crippen LogP contribution in [0.25, 0.3) is 0 Å².